The molecule has 7 nitrogen and oxygen atoms in total. The number of aromatic nitrogens is 3. The van der Waals surface area contributed by atoms with Crippen molar-refractivity contribution in [2.24, 2.45) is 0 Å². The first-order valence-electron chi connectivity index (χ1n) is 8.63. The second-order valence-corrected chi connectivity index (χ2v) is 6.81. The summed E-state index contributed by atoms with van der Waals surface area (Å²) < 4.78 is 0. The summed E-state index contributed by atoms with van der Waals surface area (Å²) in [6.45, 7) is 9.21. The predicted octanol–water partition coefficient (Wildman–Crippen LogP) is 3.06. The van der Waals surface area contributed by atoms with Gasteiger partial charge in [-0.1, -0.05) is 12.1 Å². The number of amides is 1. The van der Waals surface area contributed by atoms with E-state index in [0.717, 1.165) is 16.6 Å². The molecule has 0 fully saturated rings. The summed E-state index contributed by atoms with van der Waals surface area (Å²) in [5.41, 5.74) is 5.57. The van der Waals surface area contributed by atoms with Crippen LogP contribution < -0.4 is 5.32 Å². The highest BCUT2D eigenvalue weighted by Gasteiger charge is 2.28. The van der Waals surface area contributed by atoms with Crippen LogP contribution >= 0.6 is 0 Å². The third-order valence-electron chi connectivity index (χ3n) is 4.87. The number of carbonyl (C=O) groups excluding carboxylic acids is 1. The van der Waals surface area contributed by atoms with E-state index in [-0.39, 0.29) is 0 Å². The molecule has 1 unspecified atom stereocenters. The fourth-order valence-electron chi connectivity index (χ4n) is 3.30. The molecule has 7 heteroatoms. The maximum absolute atomic E-state index is 13.0. The summed E-state index contributed by atoms with van der Waals surface area (Å²) in [7, 11) is 0. The highest BCUT2D eigenvalue weighted by molar-refractivity contribution is 6.08. The van der Waals surface area contributed by atoms with E-state index < -0.39 is 17.9 Å². The number of hydrogen-bond donors (Lipinski definition) is 3. The Bertz CT molecular complexity index is 1050. The minimum absolute atomic E-state index is 0.408. The Morgan fingerprint density at radius 3 is 2.44 bits per heavy atom. The molecule has 0 radical (unpaired) electrons. The van der Waals surface area contributed by atoms with E-state index in [2.05, 4.69) is 20.5 Å². The van der Waals surface area contributed by atoms with Crippen LogP contribution in [-0.2, 0) is 4.79 Å². The van der Waals surface area contributed by atoms with E-state index in [0.29, 0.717) is 33.6 Å². The number of carbonyl (C=O) groups is 2. The van der Waals surface area contributed by atoms with Crippen molar-refractivity contribution < 1.29 is 14.7 Å². The molecule has 2 heterocycles. The van der Waals surface area contributed by atoms with E-state index in [1.54, 1.807) is 19.9 Å². The van der Waals surface area contributed by atoms with Gasteiger partial charge in [0.25, 0.3) is 5.91 Å². The van der Waals surface area contributed by atoms with Crippen molar-refractivity contribution in [3.8, 4) is 0 Å². The SMILES string of the molecule is Cc1cc(C(=O)NC(C(=O)O)c2c(C)n[nH]c2C)c2ccc(C)c(C)c2n1. The molecule has 0 bridgehead atoms. The topological polar surface area (TPSA) is 108 Å². The van der Waals surface area contributed by atoms with Crippen LogP contribution in [0.15, 0.2) is 18.2 Å². The van der Waals surface area contributed by atoms with Gasteiger partial charge in [0.15, 0.2) is 6.04 Å². The number of benzene rings is 1. The third-order valence-corrected chi connectivity index (χ3v) is 4.87. The maximum Gasteiger partial charge on any atom is 0.331 e. The fraction of sp³-hybridized carbons (Fsp3) is 0.300. The van der Waals surface area contributed by atoms with Crippen LogP contribution in [0.3, 0.4) is 0 Å². The first-order chi connectivity index (χ1) is 12.7. The molecule has 2 aromatic heterocycles. The summed E-state index contributed by atoms with van der Waals surface area (Å²) in [4.78, 5) is 29.4. The van der Waals surface area contributed by atoms with Crippen molar-refractivity contribution in [2.45, 2.75) is 40.7 Å². The van der Waals surface area contributed by atoms with E-state index in [1.165, 1.54) is 0 Å². The number of pyridine rings is 1. The predicted molar refractivity (Wildman–Crippen MR) is 102 cm³/mol. The number of carboxylic acid groups (broad SMARTS) is 1. The zero-order chi connectivity index (χ0) is 19.9. The minimum Gasteiger partial charge on any atom is -0.479 e. The van der Waals surface area contributed by atoms with Crippen LogP contribution in [0.4, 0.5) is 0 Å². The third kappa shape index (κ3) is 3.28. The average molecular weight is 366 g/mol. The molecule has 0 aliphatic heterocycles. The van der Waals surface area contributed by atoms with Crippen LogP contribution in [0.5, 0.6) is 0 Å². The van der Waals surface area contributed by atoms with Crippen molar-refractivity contribution in [3.63, 3.8) is 0 Å². The van der Waals surface area contributed by atoms with Crippen molar-refractivity contribution in [2.75, 3.05) is 0 Å². The molecular weight excluding hydrogens is 344 g/mol. The number of rotatable bonds is 4. The monoisotopic (exact) mass is 366 g/mol. The van der Waals surface area contributed by atoms with Crippen molar-refractivity contribution in [3.05, 3.63) is 57.5 Å². The lowest BCUT2D eigenvalue weighted by molar-refractivity contribution is -0.139. The smallest absolute Gasteiger partial charge is 0.331 e. The van der Waals surface area contributed by atoms with Crippen LogP contribution in [0.2, 0.25) is 0 Å². The van der Waals surface area contributed by atoms with E-state index >= 15 is 0 Å². The molecule has 0 spiro atoms. The Morgan fingerprint density at radius 2 is 1.85 bits per heavy atom. The molecule has 140 valence electrons. The molecule has 0 aliphatic rings. The second kappa shape index (κ2) is 6.83. The Labute approximate surface area is 156 Å². The minimum atomic E-state index is -1.19. The number of fused-ring (bicyclic) bond motifs is 1. The Kier molecular flexibility index (Phi) is 4.70. The second-order valence-electron chi connectivity index (χ2n) is 6.81. The molecule has 0 saturated carbocycles. The molecule has 3 rings (SSSR count). The number of nitrogens with zero attached hydrogens (tertiary/aromatic N) is 2. The molecule has 1 amide bonds. The summed E-state index contributed by atoms with van der Waals surface area (Å²) in [5.74, 6) is -1.60. The van der Waals surface area contributed by atoms with Crippen molar-refractivity contribution in [1.82, 2.24) is 20.5 Å². The van der Waals surface area contributed by atoms with Crippen LogP contribution in [-0.4, -0.2) is 32.2 Å². The summed E-state index contributed by atoms with van der Waals surface area (Å²) >= 11 is 0. The van der Waals surface area contributed by atoms with Crippen molar-refractivity contribution >= 4 is 22.8 Å². The van der Waals surface area contributed by atoms with Gasteiger partial charge in [0.2, 0.25) is 0 Å². The maximum atomic E-state index is 13.0. The summed E-state index contributed by atoms with van der Waals surface area (Å²) in [6.07, 6.45) is 0. The van der Waals surface area contributed by atoms with Crippen LogP contribution in [0.1, 0.15) is 50.2 Å². The quantitative estimate of drug-likeness (QED) is 0.658. The Hall–Kier alpha value is -3.22. The molecule has 3 N–H and O–H groups in total. The van der Waals surface area contributed by atoms with Gasteiger partial charge in [0.1, 0.15) is 0 Å². The number of aromatic amines is 1. The first-order valence-corrected chi connectivity index (χ1v) is 8.63. The summed E-state index contributed by atoms with van der Waals surface area (Å²) in [5, 5.41) is 19.8. The molecule has 0 saturated heterocycles. The van der Waals surface area contributed by atoms with E-state index in [1.807, 2.05) is 32.9 Å². The zero-order valence-electron chi connectivity index (χ0n) is 16.0. The molecule has 1 aromatic carbocycles. The van der Waals surface area contributed by atoms with Gasteiger partial charge < -0.3 is 10.4 Å². The molecule has 1 atom stereocenters. The zero-order valence-corrected chi connectivity index (χ0v) is 16.0. The van der Waals surface area contributed by atoms with E-state index in [4.69, 9.17) is 0 Å². The van der Waals surface area contributed by atoms with Gasteiger partial charge in [-0.25, -0.2) is 4.79 Å². The first kappa shape index (κ1) is 18.6. The average Bonchev–Trinajstić information content (AvgIpc) is 2.94. The lowest BCUT2D eigenvalue weighted by atomic mass is 9.99. The van der Waals surface area contributed by atoms with Gasteiger partial charge in [-0.15, -0.1) is 0 Å². The normalized spacial score (nSPS) is 12.2. The summed E-state index contributed by atoms with van der Waals surface area (Å²) in [6, 6.07) is 4.28. The molecule has 27 heavy (non-hydrogen) atoms. The number of aryl methyl sites for hydroxylation is 5. The number of H-pyrrole nitrogens is 1. The van der Waals surface area contributed by atoms with E-state index in [9.17, 15) is 14.7 Å². The number of aliphatic carboxylic acids is 1. The lowest BCUT2D eigenvalue weighted by Gasteiger charge is -2.17. The Balaban J connectivity index is 2.08. The highest BCUT2D eigenvalue weighted by Crippen LogP contribution is 2.26. The fourth-order valence-corrected chi connectivity index (χ4v) is 3.30. The molecule has 0 aliphatic carbocycles. The van der Waals surface area contributed by atoms with Crippen LogP contribution in [0, 0.1) is 34.6 Å². The molecule has 3 aromatic rings. The van der Waals surface area contributed by atoms with Gasteiger partial charge in [0, 0.05) is 22.3 Å². The standard InChI is InChI=1S/C20H22N4O3/c1-9-6-7-14-15(8-10(2)21-17(14)11(9)3)19(25)22-18(20(26)27)16-12(4)23-24-13(16)5/h6-8,18H,1-5H3,(H,22,25)(H,23,24)(H,26,27). The number of hydrogen-bond acceptors (Lipinski definition) is 4. The molecular formula is C20H22N4O3. The largest absolute Gasteiger partial charge is 0.479 e. The van der Waals surface area contributed by atoms with Gasteiger partial charge in [-0.3, -0.25) is 14.9 Å². The number of carboxylic acids is 1. The van der Waals surface area contributed by atoms with Gasteiger partial charge in [-0.2, -0.15) is 5.10 Å². The lowest BCUT2D eigenvalue weighted by Crippen LogP contribution is -2.34. The van der Waals surface area contributed by atoms with Gasteiger partial charge in [-0.05, 0) is 51.8 Å². The van der Waals surface area contributed by atoms with Crippen LogP contribution in [0.25, 0.3) is 10.9 Å². The Morgan fingerprint density at radius 1 is 1.15 bits per heavy atom. The highest BCUT2D eigenvalue weighted by atomic mass is 16.4. The van der Waals surface area contributed by atoms with Gasteiger partial charge in [0.05, 0.1) is 16.8 Å². The van der Waals surface area contributed by atoms with Gasteiger partial charge >= 0.3 is 5.97 Å². The van der Waals surface area contributed by atoms with Crippen molar-refractivity contribution in [1.29, 1.82) is 0 Å². The number of nitrogens with one attached hydrogen (secondary N) is 2.